The van der Waals surface area contributed by atoms with Crippen LogP contribution in [0, 0.1) is 12.8 Å². The van der Waals surface area contributed by atoms with Crippen LogP contribution in [-0.2, 0) is 10.4 Å². The van der Waals surface area contributed by atoms with Gasteiger partial charge in [-0.15, -0.1) is 0 Å². The summed E-state index contributed by atoms with van der Waals surface area (Å²) in [5.74, 6) is 0.648. The molecule has 4 nitrogen and oxygen atoms in total. The number of ether oxygens (including phenoxy) is 1. The van der Waals surface area contributed by atoms with Crippen LogP contribution in [0.1, 0.15) is 24.0 Å². The van der Waals surface area contributed by atoms with Crippen molar-refractivity contribution < 1.29 is 14.6 Å². The van der Waals surface area contributed by atoms with E-state index in [4.69, 9.17) is 4.74 Å². The Kier molecular flexibility index (Phi) is 4.86. The van der Waals surface area contributed by atoms with Crippen LogP contribution in [-0.4, -0.2) is 24.2 Å². The van der Waals surface area contributed by atoms with Gasteiger partial charge < -0.3 is 15.2 Å². The third kappa shape index (κ3) is 3.95. The highest BCUT2D eigenvalue weighted by molar-refractivity contribution is 5.77. The molecule has 3 rings (SSSR count). The summed E-state index contributed by atoms with van der Waals surface area (Å²) in [6.07, 6.45) is 1.97. The molecule has 2 aromatic rings. The molecule has 1 fully saturated rings. The van der Waals surface area contributed by atoms with Gasteiger partial charge >= 0.3 is 0 Å². The van der Waals surface area contributed by atoms with Crippen molar-refractivity contribution in [1.29, 1.82) is 0 Å². The Balaban J connectivity index is 1.56. The highest BCUT2D eigenvalue weighted by atomic mass is 16.5. The highest BCUT2D eigenvalue weighted by Crippen LogP contribution is 2.45. The van der Waals surface area contributed by atoms with Gasteiger partial charge in [-0.3, -0.25) is 4.79 Å². The summed E-state index contributed by atoms with van der Waals surface area (Å²) >= 11 is 0. The summed E-state index contributed by atoms with van der Waals surface area (Å²) in [7, 11) is 0. The fraction of sp³-hybridized carbons (Fsp3) is 0.350. The normalized spacial score (nSPS) is 16.2. The van der Waals surface area contributed by atoms with Gasteiger partial charge in [0.05, 0.1) is 6.54 Å². The first-order valence-corrected chi connectivity index (χ1v) is 8.32. The molecule has 1 unspecified atom stereocenters. The fourth-order valence-electron chi connectivity index (χ4n) is 2.91. The molecule has 0 aliphatic heterocycles. The second-order valence-corrected chi connectivity index (χ2v) is 6.45. The first-order valence-electron chi connectivity index (χ1n) is 8.32. The molecule has 1 atom stereocenters. The lowest BCUT2D eigenvalue weighted by molar-refractivity contribution is -0.124. The van der Waals surface area contributed by atoms with Crippen LogP contribution in [0.25, 0.3) is 0 Å². The molecule has 1 saturated carbocycles. The van der Waals surface area contributed by atoms with E-state index in [1.165, 1.54) is 0 Å². The minimum atomic E-state index is -1.000. The molecular weight excluding hydrogens is 302 g/mol. The molecule has 1 aliphatic carbocycles. The molecule has 4 heteroatoms. The first-order chi connectivity index (χ1) is 11.6. The minimum absolute atomic E-state index is 0.0566. The molecule has 1 amide bonds. The van der Waals surface area contributed by atoms with Crippen LogP contribution >= 0.6 is 0 Å². The summed E-state index contributed by atoms with van der Waals surface area (Å²) in [5.41, 5.74) is 0.938. The van der Waals surface area contributed by atoms with Crippen LogP contribution in [0.4, 0.5) is 0 Å². The number of aliphatic hydroxyl groups is 1. The van der Waals surface area contributed by atoms with Gasteiger partial charge in [-0.05, 0) is 48.9 Å². The SMILES string of the molecule is Cc1cccc(OCC(=O)NCC(O)(c2ccccc2)C2CC2)c1. The molecule has 0 spiro atoms. The van der Waals surface area contributed by atoms with E-state index in [2.05, 4.69) is 5.32 Å². The van der Waals surface area contributed by atoms with E-state index in [0.29, 0.717) is 5.75 Å². The van der Waals surface area contributed by atoms with Crippen molar-refractivity contribution in [3.05, 3.63) is 65.7 Å². The van der Waals surface area contributed by atoms with E-state index in [-0.39, 0.29) is 25.0 Å². The van der Waals surface area contributed by atoms with Gasteiger partial charge in [-0.1, -0.05) is 42.5 Å². The summed E-state index contributed by atoms with van der Waals surface area (Å²) < 4.78 is 5.50. The lowest BCUT2D eigenvalue weighted by Crippen LogP contribution is -2.43. The van der Waals surface area contributed by atoms with E-state index in [0.717, 1.165) is 24.0 Å². The summed E-state index contributed by atoms with van der Waals surface area (Å²) in [6, 6.07) is 17.1. The smallest absolute Gasteiger partial charge is 0.258 e. The average molecular weight is 325 g/mol. The van der Waals surface area contributed by atoms with Crippen molar-refractivity contribution in [3.63, 3.8) is 0 Å². The molecule has 0 bridgehead atoms. The van der Waals surface area contributed by atoms with E-state index in [9.17, 15) is 9.90 Å². The van der Waals surface area contributed by atoms with E-state index in [1.54, 1.807) is 0 Å². The second-order valence-electron chi connectivity index (χ2n) is 6.45. The van der Waals surface area contributed by atoms with Gasteiger partial charge in [-0.2, -0.15) is 0 Å². The molecule has 126 valence electrons. The molecular formula is C20H23NO3. The molecule has 0 radical (unpaired) electrons. The Morgan fingerprint density at radius 2 is 1.96 bits per heavy atom. The number of hydrogen-bond donors (Lipinski definition) is 2. The van der Waals surface area contributed by atoms with E-state index < -0.39 is 5.60 Å². The van der Waals surface area contributed by atoms with Gasteiger partial charge in [0.2, 0.25) is 0 Å². The maximum absolute atomic E-state index is 12.1. The molecule has 0 saturated heterocycles. The predicted octanol–water partition coefficient (Wildman–Crippen LogP) is 2.79. The van der Waals surface area contributed by atoms with Crippen LogP contribution in [0.5, 0.6) is 5.75 Å². The zero-order valence-corrected chi connectivity index (χ0v) is 13.9. The Labute approximate surface area is 142 Å². The molecule has 0 aromatic heterocycles. The fourth-order valence-corrected chi connectivity index (χ4v) is 2.91. The number of nitrogens with one attached hydrogen (secondary N) is 1. The Morgan fingerprint density at radius 1 is 1.21 bits per heavy atom. The van der Waals surface area contributed by atoms with Gasteiger partial charge in [-0.25, -0.2) is 0 Å². The lowest BCUT2D eigenvalue weighted by Gasteiger charge is -2.29. The number of carbonyl (C=O) groups excluding carboxylic acids is 1. The number of hydrogen-bond acceptors (Lipinski definition) is 3. The highest BCUT2D eigenvalue weighted by Gasteiger charge is 2.45. The first kappa shape index (κ1) is 16.5. The summed E-state index contributed by atoms with van der Waals surface area (Å²) in [6.45, 7) is 2.12. The van der Waals surface area contributed by atoms with E-state index >= 15 is 0 Å². The standard InChI is InChI=1S/C20H23NO3/c1-15-6-5-9-18(12-15)24-13-19(22)21-14-20(23,17-10-11-17)16-7-3-2-4-8-16/h2-9,12,17,23H,10-11,13-14H2,1H3,(H,21,22). The Bertz CT molecular complexity index is 697. The molecule has 2 aromatic carbocycles. The maximum atomic E-state index is 12.1. The maximum Gasteiger partial charge on any atom is 0.258 e. The zero-order valence-electron chi connectivity index (χ0n) is 13.9. The van der Waals surface area contributed by atoms with E-state index in [1.807, 2.05) is 61.5 Å². The average Bonchev–Trinajstić information content (AvgIpc) is 3.44. The number of amides is 1. The molecule has 0 heterocycles. The molecule has 2 N–H and O–H groups in total. The van der Waals surface area contributed by atoms with Crippen molar-refractivity contribution in [2.75, 3.05) is 13.2 Å². The predicted molar refractivity (Wildman–Crippen MR) is 92.7 cm³/mol. The minimum Gasteiger partial charge on any atom is -0.484 e. The largest absolute Gasteiger partial charge is 0.484 e. The van der Waals surface area contributed by atoms with Crippen molar-refractivity contribution >= 4 is 5.91 Å². The Morgan fingerprint density at radius 3 is 2.62 bits per heavy atom. The van der Waals surface area contributed by atoms with Gasteiger partial charge in [0.15, 0.2) is 6.61 Å². The number of aryl methyl sites for hydroxylation is 1. The zero-order chi connectivity index (χ0) is 17.0. The van der Waals surface area contributed by atoms with Crippen LogP contribution in [0.3, 0.4) is 0 Å². The number of carbonyl (C=O) groups is 1. The van der Waals surface area contributed by atoms with Crippen molar-refractivity contribution in [1.82, 2.24) is 5.32 Å². The lowest BCUT2D eigenvalue weighted by atomic mass is 9.88. The van der Waals surface area contributed by atoms with Gasteiger partial charge in [0.25, 0.3) is 5.91 Å². The second kappa shape index (κ2) is 7.05. The third-order valence-corrected chi connectivity index (χ3v) is 4.44. The quantitative estimate of drug-likeness (QED) is 0.823. The molecule has 24 heavy (non-hydrogen) atoms. The third-order valence-electron chi connectivity index (χ3n) is 4.44. The van der Waals surface area contributed by atoms with Crippen LogP contribution in [0.15, 0.2) is 54.6 Å². The summed E-state index contributed by atoms with van der Waals surface area (Å²) in [4.78, 5) is 12.1. The van der Waals surface area contributed by atoms with Crippen molar-refractivity contribution in [2.24, 2.45) is 5.92 Å². The molecule has 1 aliphatic rings. The summed E-state index contributed by atoms with van der Waals surface area (Å²) in [5, 5.41) is 13.9. The van der Waals surface area contributed by atoms with Crippen LogP contribution in [0.2, 0.25) is 0 Å². The van der Waals surface area contributed by atoms with Gasteiger partial charge in [0, 0.05) is 0 Å². The topological polar surface area (TPSA) is 58.6 Å². The van der Waals surface area contributed by atoms with Crippen molar-refractivity contribution in [2.45, 2.75) is 25.4 Å². The monoisotopic (exact) mass is 325 g/mol. The van der Waals surface area contributed by atoms with Crippen molar-refractivity contribution in [3.8, 4) is 5.75 Å². The van der Waals surface area contributed by atoms with Gasteiger partial charge in [0.1, 0.15) is 11.4 Å². The Hall–Kier alpha value is -2.33. The number of rotatable bonds is 7. The number of benzene rings is 2. The van der Waals surface area contributed by atoms with Crippen LogP contribution < -0.4 is 10.1 Å².